The van der Waals surface area contributed by atoms with Crippen molar-refractivity contribution in [1.29, 1.82) is 0 Å². The number of fused-ring (bicyclic) bond motifs is 1. The van der Waals surface area contributed by atoms with Crippen molar-refractivity contribution in [2.45, 2.75) is 30.8 Å². The Morgan fingerprint density at radius 2 is 1.60 bits per heavy atom. The first-order valence-electron chi connectivity index (χ1n) is 13.0. The highest BCUT2D eigenvalue weighted by Gasteiger charge is 2.49. The second kappa shape index (κ2) is 11.5. The zero-order valence-corrected chi connectivity index (χ0v) is 20.5. The van der Waals surface area contributed by atoms with Gasteiger partial charge in [0.2, 0.25) is 5.91 Å². The van der Waals surface area contributed by atoms with Crippen LogP contribution in [0.5, 0.6) is 0 Å². The number of hydrogen-bond acceptors (Lipinski definition) is 5. The van der Waals surface area contributed by atoms with Gasteiger partial charge in [0.25, 0.3) is 0 Å². The number of morpholine rings is 1. The summed E-state index contributed by atoms with van der Waals surface area (Å²) >= 11 is 0. The van der Waals surface area contributed by atoms with Crippen LogP contribution in [0.3, 0.4) is 0 Å². The number of rotatable bonds is 6. The third-order valence-corrected chi connectivity index (χ3v) is 7.77. The third-order valence-electron chi connectivity index (χ3n) is 7.77. The van der Waals surface area contributed by atoms with E-state index in [4.69, 9.17) is 4.74 Å². The van der Waals surface area contributed by atoms with E-state index in [1.807, 2.05) is 18.2 Å². The van der Waals surface area contributed by atoms with E-state index in [0.29, 0.717) is 19.8 Å². The monoisotopic (exact) mass is 475 g/mol. The van der Waals surface area contributed by atoms with Crippen molar-refractivity contribution in [3.8, 4) is 0 Å². The highest BCUT2D eigenvalue weighted by atomic mass is 16.5. The largest absolute Gasteiger partial charge is 0.395 e. The van der Waals surface area contributed by atoms with Crippen molar-refractivity contribution in [1.82, 2.24) is 14.7 Å². The Hall–Kier alpha value is -2.51. The van der Waals surface area contributed by atoms with Crippen LogP contribution in [0.4, 0.5) is 0 Å². The molecule has 0 aliphatic carbocycles. The first kappa shape index (κ1) is 24.2. The molecule has 0 bridgehead atoms. The standard InChI is InChI=1S/C29H37N3O3/c33-22-27-29(25-12-10-24(11-13-25)9-8-23-6-2-1-3-7-23)26-20-31(14-4-5-15-32(26)27)28(34)21-30-16-18-35-19-17-30/h1-3,6-13,26-27,29,33H,4-5,14-22H2/b9-8+/t26-,27+,29-/m1/s1. The molecule has 6 nitrogen and oxygen atoms in total. The molecule has 0 unspecified atom stereocenters. The van der Waals surface area contributed by atoms with E-state index in [1.54, 1.807) is 0 Å². The molecule has 5 rings (SSSR count). The van der Waals surface area contributed by atoms with E-state index < -0.39 is 0 Å². The Kier molecular flexibility index (Phi) is 7.94. The van der Waals surface area contributed by atoms with Crippen LogP contribution in [-0.2, 0) is 9.53 Å². The number of amides is 1. The van der Waals surface area contributed by atoms with Crippen LogP contribution < -0.4 is 0 Å². The summed E-state index contributed by atoms with van der Waals surface area (Å²) < 4.78 is 5.44. The number of nitrogens with zero attached hydrogens (tertiary/aromatic N) is 3. The Labute approximate surface area is 208 Å². The highest BCUT2D eigenvalue weighted by molar-refractivity contribution is 5.78. The first-order valence-corrected chi connectivity index (χ1v) is 13.0. The van der Waals surface area contributed by atoms with Gasteiger partial charge < -0.3 is 14.7 Å². The minimum Gasteiger partial charge on any atom is -0.395 e. The van der Waals surface area contributed by atoms with Crippen molar-refractivity contribution >= 4 is 18.1 Å². The van der Waals surface area contributed by atoms with Crippen molar-refractivity contribution in [2.24, 2.45) is 0 Å². The lowest BCUT2D eigenvalue weighted by Crippen LogP contribution is -2.68. The number of benzene rings is 2. The summed E-state index contributed by atoms with van der Waals surface area (Å²) in [5.74, 6) is 0.463. The van der Waals surface area contributed by atoms with Gasteiger partial charge in [-0.25, -0.2) is 0 Å². The van der Waals surface area contributed by atoms with Gasteiger partial charge in [0.15, 0.2) is 0 Å². The van der Waals surface area contributed by atoms with Gasteiger partial charge in [-0.05, 0) is 36.1 Å². The van der Waals surface area contributed by atoms with Gasteiger partial charge in [-0.1, -0.05) is 66.7 Å². The Morgan fingerprint density at radius 3 is 2.31 bits per heavy atom. The van der Waals surface area contributed by atoms with E-state index in [9.17, 15) is 9.90 Å². The van der Waals surface area contributed by atoms with Gasteiger partial charge >= 0.3 is 0 Å². The maximum atomic E-state index is 13.2. The summed E-state index contributed by atoms with van der Waals surface area (Å²) in [7, 11) is 0. The number of carbonyl (C=O) groups is 1. The van der Waals surface area contributed by atoms with Crippen molar-refractivity contribution in [3.05, 3.63) is 71.3 Å². The molecule has 0 radical (unpaired) electrons. The Balaban J connectivity index is 1.28. The quantitative estimate of drug-likeness (QED) is 0.651. The molecule has 35 heavy (non-hydrogen) atoms. The van der Waals surface area contributed by atoms with Crippen LogP contribution in [0.25, 0.3) is 12.2 Å². The van der Waals surface area contributed by atoms with Crippen LogP contribution in [0.2, 0.25) is 0 Å². The molecule has 2 aromatic carbocycles. The van der Waals surface area contributed by atoms with E-state index in [1.165, 1.54) is 11.1 Å². The molecule has 6 heteroatoms. The lowest BCUT2D eigenvalue weighted by molar-refractivity contribution is -0.138. The van der Waals surface area contributed by atoms with E-state index in [2.05, 4.69) is 63.2 Å². The number of aliphatic hydroxyl groups is 1. The summed E-state index contributed by atoms with van der Waals surface area (Å²) in [5, 5.41) is 10.2. The maximum Gasteiger partial charge on any atom is 0.236 e. The van der Waals surface area contributed by atoms with Crippen molar-refractivity contribution in [2.75, 3.05) is 59.1 Å². The fourth-order valence-corrected chi connectivity index (χ4v) is 5.80. The normalized spacial score (nSPS) is 26.1. The third kappa shape index (κ3) is 5.67. The average Bonchev–Trinajstić information content (AvgIpc) is 2.88. The van der Waals surface area contributed by atoms with Gasteiger partial charge in [0, 0.05) is 44.2 Å². The smallest absolute Gasteiger partial charge is 0.236 e. The second-order valence-electron chi connectivity index (χ2n) is 9.93. The van der Waals surface area contributed by atoms with Gasteiger partial charge in [-0.15, -0.1) is 0 Å². The lowest BCUT2D eigenvalue weighted by atomic mass is 9.74. The molecule has 0 aromatic heterocycles. The van der Waals surface area contributed by atoms with Gasteiger partial charge in [-0.3, -0.25) is 14.6 Å². The molecule has 2 aromatic rings. The van der Waals surface area contributed by atoms with E-state index in [0.717, 1.165) is 51.1 Å². The minimum absolute atomic E-state index is 0.125. The molecule has 1 amide bonds. The highest BCUT2D eigenvalue weighted by Crippen LogP contribution is 2.42. The summed E-state index contributed by atoms with van der Waals surface area (Å²) in [6.07, 6.45) is 6.34. The SMILES string of the molecule is O=C(CN1CCOCC1)N1CCCCN2[C@H](C1)[C@@H](c1ccc(/C=C/c3ccccc3)cc1)[C@@H]2CO. The van der Waals surface area contributed by atoms with Gasteiger partial charge in [0.05, 0.1) is 26.4 Å². The Morgan fingerprint density at radius 1 is 0.914 bits per heavy atom. The molecule has 3 atom stereocenters. The average molecular weight is 476 g/mol. The number of carbonyl (C=O) groups excluding carboxylic acids is 1. The zero-order valence-electron chi connectivity index (χ0n) is 20.5. The van der Waals surface area contributed by atoms with Crippen LogP contribution >= 0.6 is 0 Å². The predicted molar refractivity (Wildman–Crippen MR) is 139 cm³/mol. The summed E-state index contributed by atoms with van der Waals surface area (Å²) in [4.78, 5) is 19.9. The fourth-order valence-electron chi connectivity index (χ4n) is 5.80. The molecular formula is C29H37N3O3. The van der Waals surface area contributed by atoms with Crippen LogP contribution in [0.15, 0.2) is 54.6 Å². The topological polar surface area (TPSA) is 56.2 Å². The molecule has 3 heterocycles. The maximum absolute atomic E-state index is 13.2. The van der Waals surface area contributed by atoms with Crippen molar-refractivity contribution in [3.63, 3.8) is 0 Å². The molecule has 3 saturated heterocycles. The van der Waals surface area contributed by atoms with Crippen LogP contribution in [0, 0.1) is 0 Å². The lowest BCUT2D eigenvalue weighted by Gasteiger charge is -2.57. The molecule has 3 aliphatic heterocycles. The Bertz CT molecular complexity index is 988. The number of aliphatic hydroxyl groups excluding tert-OH is 1. The molecular weight excluding hydrogens is 438 g/mol. The molecule has 3 fully saturated rings. The van der Waals surface area contributed by atoms with Crippen molar-refractivity contribution < 1.29 is 14.6 Å². The summed E-state index contributed by atoms with van der Waals surface area (Å²) in [6, 6.07) is 19.4. The molecule has 186 valence electrons. The zero-order chi connectivity index (χ0) is 24.0. The molecule has 0 spiro atoms. The first-order chi connectivity index (χ1) is 17.2. The predicted octanol–water partition coefficient (Wildman–Crippen LogP) is 2.94. The van der Waals surface area contributed by atoms with Gasteiger partial charge in [-0.2, -0.15) is 0 Å². The van der Waals surface area contributed by atoms with E-state index >= 15 is 0 Å². The number of hydrogen-bond donors (Lipinski definition) is 1. The van der Waals surface area contributed by atoms with Crippen LogP contribution in [0.1, 0.15) is 35.4 Å². The molecule has 0 saturated carbocycles. The molecule has 1 N–H and O–H groups in total. The second-order valence-corrected chi connectivity index (χ2v) is 9.93. The van der Waals surface area contributed by atoms with Gasteiger partial charge in [0.1, 0.15) is 0 Å². The summed E-state index contributed by atoms with van der Waals surface area (Å²) in [6.45, 7) is 6.26. The fraction of sp³-hybridized carbons (Fsp3) is 0.483. The van der Waals surface area contributed by atoms with E-state index in [-0.39, 0.29) is 30.5 Å². The molecule has 3 aliphatic rings. The van der Waals surface area contributed by atoms with Crippen LogP contribution in [-0.4, -0.2) is 96.9 Å². The summed E-state index contributed by atoms with van der Waals surface area (Å²) in [5.41, 5.74) is 3.60. The number of ether oxygens (including phenoxy) is 1. The minimum atomic E-state index is 0.125.